The van der Waals surface area contributed by atoms with E-state index in [2.05, 4.69) is 50.5 Å². The predicted octanol–water partition coefficient (Wildman–Crippen LogP) is 6.81. The molecule has 0 heterocycles. The minimum atomic E-state index is -0.252. The van der Waals surface area contributed by atoms with E-state index in [-0.39, 0.29) is 22.5 Å². The Morgan fingerprint density at radius 2 is 1.53 bits per heavy atom. The summed E-state index contributed by atoms with van der Waals surface area (Å²) in [5, 5.41) is 21.9. The summed E-state index contributed by atoms with van der Waals surface area (Å²) in [6.07, 6.45) is 11.9. The lowest BCUT2D eigenvalue weighted by atomic mass is 9.43. The van der Waals surface area contributed by atoms with E-state index in [0.717, 1.165) is 37.0 Å². The molecule has 11 atom stereocenters. The molecule has 0 aromatic carbocycles. The van der Waals surface area contributed by atoms with Gasteiger partial charge in [0.1, 0.15) is 0 Å². The van der Waals surface area contributed by atoms with Gasteiger partial charge in [-0.3, -0.25) is 0 Å². The Morgan fingerprint density at radius 1 is 0.867 bits per heavy atom. The van der Waals surface area contributed by atoms with E-state index in [4.69, 9.17) is 0 Å². The van der Waals surface area contributed by atoms with Gasteiger partial charge < -0.3 is 10.2 Å². The summed E-state index contributed by atoms with van der Waals surface area (Å²) >= 11 is 3.97. The maximum Gasteiger partial charge on any atom is 0.0701 e. The maximum atomic E-state index is 11.6. The summed E-state index contributed by atoms with van der Waals surface area (Å²) < 4.78 is 0. The molecule has 0 aromatic rings. The second-order valence-corrected chi connectivity index (χ2v) is 13.9. The van der Waals surface area contributed by atoms with Crippen LogP contribution < -0.4 is 0 Å². The number of halogens is 1. The quantitative estimate of drug-likeness (QED) is 0.422. The third kappa shape index (κ3) is 3.75. The van der Waals surface area contributed by atoms with Crippen molar-refractivity contribution in [3.8, 4) is 0 Å². The fraction of sp³-hybridized carbons (Fsp3) is 1.00. The first-order valence-corrected chi connectivity index (χ1v) is 14.0. The van der Waals surface area contributed by atoms with Crippen molar-refractivity contribution in [2.45, 2.75) is 116 Å². The highest BCUT2D eigenvalue weighted by Crippen LogP contribution is 2.69. The molecule has 4 rings (SSSR count). The Hall–Kier alpha value is 0.400. The number of fused-ring (bicyclic) bond motifs is 5. The van der Waals surface area contributed by atoms with Crippen molar-refractivity contribution in [1.82, 2.24) is 0 Å². The largest absolute Gasteiger partial charge is 0.393 e. The summed E-state index contributed by atoms with van der Waals surface area (Å²) in [5.41, 5.74) is 0.684. The molecule has 0 spiro atoms. The van der Waals surface area contributed by atoms with Gasteiger partial charge in [0.25, 0.3) is 0 Å². The van der Waals surface area contributed by atoms with Crippen molar-refractivity contribution in [1.29, 1.82) is 0 Å². The van der Waals surface area contributed by atoms with Crippen molar-refractivity contribution in [2.75, 3.05) is 0 Å². The van der Waals surface area contributed by atoms with E-state index in [9.17, 15) is 10.2 Å². The number of rotatable bonds is 5. The standard InChI is InChI=1S/C27H47BrO2/c1-16(2)7-6-8-17(3)19-9-10-20-23-21(12-14-26(19,20)4)27(5)13-11-18(29)15-22(27)24(28)25(23)30/h16-25,29-30H,6-15H2,1-5H3/t17-,18-,19+,20-,21-,22-,23+,24-,25+,26+,27-/m1/s1. The molecule has 4 aliphatic carbocycles. The smallest absolute Gasteiger partial charge is 0.0701 e. The average molecular weight is 484 g/mol. The van der Waals surface area contributed by atoms with Gasteiger partial charge in [-0.1, -0.05) is 69.8 Å². The van der Waals surface area contributed by atoms with E-state index < -0.39 is 0 Å². The first-order valence-electron chi connectivity index (χ1n) is 13.1. The molecule has 4 fully saturated rings. The van der Waals surface area contributed by atoms with Gasteiger partial charge in [0.05, 0.1) is 12.2 Å². The molecule has 0 aromatic heterocycles. The number of hydrogen-bond acceptors (Lipinski definition) is 2. The topological polar surface area (TPSA) is 40.5 Å². The number of hydrogen-bond donors (Lipinski definition) is 2. The molecule has 2 nitrogen and oxygen atoms in total. The van der Waals surface area contributed by atoms with E-state index in [1.165, 1.54) is 44.9 Å². The van der Waals surface area contributed by atoms with Gasteiger partial charge in [0.15, 0.2) is 0 Å². The molecule has 0 unspecified atom stereocenters. The Morgan fingerprint density at radius 3 is 2.23 bits per heavy atom. The Bertz CT molecular complexity index is 608. The summed E-state index contributed by atoms with van der Waals surface area (Å²) in [6, 6.07) is 0. The van der Waals surface area contributed by atoms with Crippen LogP contribution in [-0.2, 0) is 0 Å². The zero-order chi connectivity index (χ0) is 21.8. The highest BCUT2D eigenvalue weighted by molar-refractivity contribution is 9.09. The van der Waals surface area contributed by atoms with E-state index in [0.29, 0.717) is 29.1 Å². The molecule has 0 amide bonds. The van der Waals surface area contributed by atoms with Gasteiger partial charge >= 0.3 is 0 Å². The summed E-state index contributed by atoms with van der Waals surface area (Å²) in [4.78, 5) is 0.142. The molecule has 4 saturated carbocycles. The second kappa shape index (κ2) is 8.64. The SMILES string of the molecule is CC(C)CCC[C@@H](C)[C@@H]1CC[C@@H]2[C@@H]3[C@H](O)[C@H](Br)[C@H]4C[C@H](O)CC[C@]4(C)[C@@H]3CC[C@]21C. The average Bonchev–Trinajstić information content (AvgIpc) is 3.04. The molecule has 0 aliphatic heterocycles. The van der Waals surface area contributed by atoms with Gasteiger partial charge in [0, 0.05) is 4.83 Å². The summed E-state index contributed by atoms with van der Waals surface area (Å²) in [6.45, 7) is 12.3. The number of aliphatic hydroxyl groups excluding tert-OH is 2. The molecular formula is C27H47BrO2. The van der Waals surface area contributed by atoms with Crippen LogP contribution in [0.25, 0.3) is 0 Å². The molecule has 2 N–H and O–H groups in total. The Labute approximate surface area is 194 Å². The fourth-order valence-corrected chi connectivity index (χ4v) is 10.4. The highest BCUT2D eigenvalue weighted by atomic mass is 79.9. The highest BCUT2D eigenvalue weighted by Gasteiger charge is 2.64. The maximum absolute atomic E-state index is 11.6. The van der Waals surface area contributed by atoms with Crippen LogP contribution in [0.2, 0.25) is 0 Å². The van der Waals surface area contributed by atoms with E-state index >= 15 is 0 Å². The molecule has 30 heavy (non-hydrogen) atoms. The molecule has 0 bridgehead atoms. The lowest BCUT2D eigenvalue weighted by molar-refractivity contribution is -0.169. The zero-order valence-electron chi connectivity index (χ0n) is 20.1. The number of aliphatic hydroxyl groups is 2. The van der Waals surface area contributed by atoms with Crippen LogP contribution in [0.3, 0.4) is 0 Å². The number of alkyl halides is 1. The summed E-state index contributed by atoms with van der Waals surface area (Å²) in [5.74, 6) is 4.61. The molecular weight excluding hydrogens is 436 g/mol. The van der Waals surface area contributed by atoms with Gasteiger partial charge in [-0.25, -0.2) is 0 Å². The van der Waals surface area contributed by atoms with Crippen LogP contribution in [0.5, 0.6) is 0 Å². The van der Waals surface area contributed by atoms with Gasteiger partial charge in [-0.2, -0.15) is 0 Å². The third-order valence-corrected chi connectivity index (χ3v) is 12.1. The minimum absolute atomic E-state index is 0.142. The van der Waals surface area contributed by atoms with Gasteiger partial charge in [0.2, 0.25) is 0 Å². The molecule has 0 radical (unpaired) electrons. The first kappa shape index (κ1) is 23.6. The van der Waals surface area contributed by atoms with Crippen molar-refractivity contribution in [2.24, 2.45) is 52.3 Å². The van der Waals surface area contributed by atoms with Crippen molar-refractivity contribution >= 4 is 15.9 Å². The molecule has 4 aliphatic rings. The lowest BCUT2D eigenvalue weighted by Crippen LogP contribution is -2.62. The van der Waals surface area contributed by atoms with Crippen LogP contribution >= 0.6 is 15.9 Å². The van der Waals surface area contributed by atoms with Gasteiger partial charge in [-0.05, 0) is 97.2 Å². The monoisotopic (exact) mass is 482 g/mol. The van der Waals surface area contributed by atoms with Crippen LogP contribution in [0.1, 0.15) is 98.8 Å². The third-order valence-electron chi connectivity index (χ3n) is 10.9. The summed E-state index contributed by atoms with van der Waals surface area (Å²) in [7, 11) is 0. The van der Waals surface area contributed by atoms with E-state index in [1.54, 1.807) is 0 Å². The van der Waals surface area contributed by atoms with Crippen molar-refractivity contribution in [3.05, 3.63) is 0 Å². The Kier molecular flexibility index (Phi) is 6.78. The lowest BCUT2D eigenvalue weighted by Gasteiger charge is -2.63. The second-order valence-electron chi connectivity index (χ2n) is 12.8. The predicted molar refractivity (Wildman–Crippen MR) is 129 cm³/mol. The molecule has 0 saturated heterocycles. The van der Waals surface area contributed by atoms with Gasteiger partial charge in [-0.15, -0.1) is 0 Å². The van der Waals surface area contributed by atoms with Crippen LogP contribution in [-0.4, -0.2) is 27.2 Å². The van der Waals surface area contributed by atoms with Crippen LogP contribution in [0.15, 0.2) is 0 Å². The van der Waals surface area contributed by atoms with Crippen LogP contribution in [0, 0.1) is 52.3 Å². The van der Waals surface area contributed by atoms with Crippen molar-refractivity contribution in [3.63, 3.8) is 0 Å². The first-order chi connectivity index (χ1) is 14.1. The van der Waals surface area contributed by atoms with Crippen molar-refractivity contribution < 1.29 is 10.2 Å². The fourth-order valence-electron chi connectivity index (χ4n) is 9.21. The van der Waals surface area contributed by atoms with E-state index in [1.807, 2.05) is 0 Å². The normalized spacial score (nSPS) is 51.9. The Balaban J connectivity index is 1.54. The molecule has 3 heteroatoms. The minimum Gasteiger partial charge on any atom is -0.393 e. The van der Waals surface area contributed by atoms with Crippen LogP contribution in [0.4, 0.5) is 0 Å². The molecule has 174 valence electrons. The zero-order valence-corrected chi connectivity index (χ0v) is 21.7.